The predicted octanol–water partition coefficient (Wildman–Crippen LogP) is 2.37. The summed E-state index contributed by atoms with van der Waals surface area (Å²) in [6, 6.07) is 14.1. The highest BCUT2D eigenvalue weighted by atomic mass is 16.5. The molecule has 2 amide bonds. The molecule has 92 valence electrons. The number of amides is 2. The first-order chi connectivity index (χ1) is 9.27. The molecule has 4 rings (SSSR count). The molecule has 0 N–H and O–H groups in total. The van der Waals surface area contributed by atoms with Crippen molar-refractivity contribution in [3.05, 3.63) is 65.2 Å². The smallest absolute Gasteiger partial charge is 0.267 e. The Hall–Kier alpha value is -2.62. The van der Waals surface area contributed by atoms with E-state index in [1.807, 2.05) is 18.2 Å². The van der Waals surface area contributed by atoms with Gasteiger partial charge in [0, 0.05) is 11.1 Å². The Balaban J connectivity index is 1.93. The summed E-state index contributed by atoms with van der Waals surface area (Å²) in [4.78, 5) is 25.9. The van der Waals surface area contributed by atoms with E-state index in [1.54, 1.807) is 30.3 Å². The lowest BCUT2D eigenvalue weighted by Crippen LogP contribution is -2.40. The molecule has 0 fully saturated rings. The summed E-state index contributed by atoms with van der Waals surface area (Å²) in [5.74, 6) is -0.0635. The summed E-state index contributed by atoms with van der Waals surface area (Å²) < 4.78 is 5.81. The summed E-state index contributed by atoms with van der Waals surface area (Å²) in [6.45, 7) is 0. The first-order valence-corrected chi connectivity index (χ1v) is 6.00. The molecule has 2 aliphatic heterocycles. The van der Waals surface area contributed by atoms with Gasteiger partial charge in [-0.15, -0.1) is 0 Å². The van der Waals surface area contributed by atoms with E-state index in [4.69, 9.17) is 4.74 Å². The molecule has 19 heavy (non-hydrogen) atoms. The average Bonchev–Trinajstić information content (AvgIpc) is 2.74. The summed E-state index contributed by atoms with van der Waals surface area (Å²) in [5, 5.41) is 0. The summed E-state index contributed by atoms with van der Waals surface area (Å²) in [5.41, 5.74) is 1.71. The predicted molar refractivity (Wildman–Crippen MR) is 66.8 cm³/mol. The molecule has 0 unspecified atom stereocenters. The van der Waals surface area contributed by atoms with Crippen molar-refractivity contribution in [2.75, 3.05) is 0 Å². The molecule has 2 aromatic rings. The normalized spacial score (nSPS) is 19.6. The number of carbonyl (C=O) groups is 2. The number of benzene rings is 2. The number of hydrogen-bond acceptors (Lipinski definition) is 3. The first kappa shape index (κ1) is 10.3. The van der Waals surface area contributed by atoms with Crippen molar-refractivity contribution in [1.29, 1.82) is 0 Å². The fraction of sp³-hybridized carbons (Fsp3) is 0.0667. The third kappa shape index (κ3) is 1.23. The number of nitrogens with zero attached hydrogens (tertiary/aromatic N) is 1. The molecule has 1 atom stereocenters. The van der Waals surface area contributed by atoms with E-state index in [9.17, 15) is 9.59 Å². The number of ether oxygens (including phenoxy) is 1. The molecule has 0 aliphatic carbocycles. The first-order valence-electron chi connectivity index (χ1n) is 6.00. The van der Waals surface area contributed by atoms with Gasteiger partial charge in [0.15, 0.2) is 0 Å². The van der Waals surface area contributed by atoms with Gasteiger partial charge in [0.25, 0.3) is 11.8 Å². The zero-order chi connectivity index (χ0) is 13.0. The third-order valence-corrected chi connectivity index (χ3v) is 3.49. The molecule has 0 radical (unpaired) electrons. The minimum Gasteiger partial charge on any atom is -0.465 e. The van der Waals surface area contributed by atoms with E-state index in [-0.39, 0.29) is 11.8 Å². The zero-order valence-electron chi connectivity index (χ0n) is 9.87. The van der Waals surface area contributed by atoms with Gasteiger partial charge in [-0.05, 0) is 18.2 Å². The lowest BCUT2D eigenvalue weighted by atomic mass is 10.1. The van der Waals surface area contributed by atoms with Crippen molar-refractivity contribution in [2.45, 2.75) is 6.23 Å². The molecular formula is C15H9NO3. The van der Waals surface area contributed by atoms with Crippen molar-refractivity contribution >= 4 is 11.8 Å². The second kappa shape index (κ2) is 3.45. The number of rotatable bonds is 0. The highest BCUT2D eigenvalue weighted by Gasteiger charge is 2.46. The standard InChI is InChI=1S/C15H9NO3/c17-13-9-5-1-2-6-10(9)15-16(13)14(18)11-7-3-4-8-12(11)19-15/h1-8,15H/t15-/m1/s1. The number of fused-ring (bicyclic) bond motifs is 4. The van der Waals surface area contributed by atoms with Crippen molar-refractivity contribution in [2.24, 2.45) is 0 Å². The molecule has 4 heteroatoms. The summed E-state index contributed by atoms with van der Waals surface area (Å²) in [7, 11) is 0. The molecule has 0 spiro atoms. The summed E-state index contributed by atoms with van der Waals surface area (Å²) in [6.07, 6.45) is -0.633. The number of hydrogen-bond donors (Lipinski definition) is 0. The van der Waals surface area contributed by atoms with Crippen LogP contribution in [0.1, 0.15) is 32.5 Å². The molecular weight excluding hydrogens is 242 g/mol. The van der Waals surface area contributed by atoms with Crippen molar-refractivity contribution in [3.63, 3.8) is 0 Å². The minimum atomic E-state index is -0.633. The Morgan fingerprint density at radius 3 is 2.32 bits per heavy atom. The fourth-order valence-electron chi connectivity index (χ4n) is 2.59. The Labute approximate surface area is 109 Å². The van der Waals surface area contributed by atoms with Crippen LogP contribution in [-0.4, -0.2) is 16.7 Å². The summed E-state index contributed by atoms with van der Waals surface area (Å²) >= 11 is 0. The van der Waals surface area contributed by atoms with Gasteiger partial charge in [-0.25, -0.2) is 4.90 Å². The zero-order valence-corrected chi connectivity index (χ0v) is 9.87. The molecule has 2 aliphatic rings. The second-order valence-corrected chi connectivity index (χ2v) is 4.53. The van der Waals surface area contributed by atoms with Crippen LogP contribution < -0.4 is 4.74 Å². The minimum absolute atomic E-state index is 0.292. The van der Waals surface area contributed by atoms with Crippen molar-refractivity contribution < 1.29 is 14.3 Å². The second-order valence-electron chi connectivity index (χ2n) is 4.53. The maximum Gasteiger partial charge on any atom is 0.267 e. The molecule has 4 nitrogen and oxygen atoms in total. The van der Waals surface area contributed by atoms with Crippen molar-refractivity contribution in [1.82, 2.24) is 4.90 Å². The van der Waals surface area contributed by atoms with Gasteiger partial charge in [-0.3, -0.25) is 9.59 Å². The average molecular weight is 251 g/mol. The van der Waals surface area contributed by atoms with E-state index in [2.05, 4.69) is 0 Å². The van der Waals surface area contributed by atoms with Crippen LogP contribution in [0.5, 0.6) is 5.75 Å². The highest BCUT2D eigenvalue weighted by molar-refractivity contribution is 6.14. The van der Waals surface area contributed by atoms with Crippen molar-refractivity contribution in [3.8, 4) is 5.75 Å². The molecule has 2 heterocycles. The number of carbonyl (C=O) groups excluding carboxylic acids is 2. The largest absolute Gasteiger partial charge is 0.465 e. The van der Waals surface area contributed by atoms with Gasteiger partial charge in [-0.1, -0.05) is 30.3 Å². The molecule has 0 saturated heterocycles. The number of para-hydroxylation sites is 1. The van der Waals surface area contributed by atoms with Crippen LogP contribution in [0.2, 0.25) is 0 Å². The van der Waals surface area contributed by atoms with Gasteiger partial charge >= 0.3 is 0 Å². The molecule has 0 saturated carbocycles. The van der Waals surface area contributed by atoms with Crippen LogP contribution in [0.4, 0.5) is 0 Å². The maximum absolute atomic E-state index is 12.4. The number of imide groups is 1. The van der Waals surface area contributed by atoms with Crippen LogP contribution in [0.3, 0.4) is 0 Å². The van der Waals surface area contributed by atoms with Crippen LogP contribution in [-0.2, 0) is 0 Å². The van der Waals surface area contributed by atoms with E-state index < -0.39 is 6.23 Å². The third-order valence-electron chi connectivity index (χ3n) is 3.49. The Kier molecular flexibility index (Phi) is 1.87. The van der Waals surface area contributed by atoms with Gasteiger partial charge in [0.05, 0.1) is 5.56 Å². The van der Waals surface area contributed by atoms with Crippen LogP contribution in [0, 0.1) is 0 Å². The molecule has 0 aromatic heterocycles. The molecule has 2 aromatic carbocycles. The lowest BCUT2D eigenvalue weighted by molar-refractivity contribution is 0.0184. The Morgan fingerprint density at radius 2 is 1.47 bits per heavy atom. The Bertz CT molecular complexity index is 717. The van der Waals surface area contributed by atoms with Gasteiger partial charge in [0.1, 0.15) is 5.75 Å². The van der Waals surface area contributed by atoms with E-state index >= 15 is 0 Å². The molecule has 0 bridgehead atoms. The van der Waals surface area contributed by atoms with Crippen LogP contribution in [0.15, 0.2) is 48.5 Å². The van der Waals surface area contributed by atoms with E-state index in [0.29, 0.717) is 16.9 Å². The highest BCUT2D eigenvalue weighted by Crippen LogP contribution is 2.41. The maximum atomic E-state index is 12.4. The van der Waals surface area contributed by atoms with Crippen LogP contribution >= 0.6 is 0 Å². The SMILES string of the molecule is O=C1c2ccccc2O[C@@H]2c3ccccc3C(=O)N12. The van der Waals surface area contributed by atoms with Crippen LogP contribution in [0.25, 0.3) is 0 Å². The van der Waals surface area contributed by atoms with Gasteiger partial charge in [-0.2, -0.15) is 0 Å². The lowest BCUT2D eigenvalue weighted by Gasteiger charge is -2.30. The monoisotopic (exact) mass is 251 g/mol. The fourth-order valence-corrected chi connectivity index (χ4v) is 2.59. The van der Waals surface area contributed by atoms with E-state index in [0.717, 1.165) is 5.56 Å². The van der Waals surface area contributed by atoms with Gasteiger partial charge in [0.2, 0.25) is 6.23 Å². The quantitative estimate of drug-likeness (QED) is 0.675. The topological polar surface area (TPSA) is 46.6 Å². The van der Waals surface area contributed by atoms with E-state index in [1.165, 1.54) is 4.90 Å². The van der Waals surface area contributed by atoms with Gasteiger partial charge < -0.3 is 4.74 Å². The Morgan fingerprint density at radius 1 is 0.842 bits per heavy atom.